The lowest BCUT2D eigenvalue weighted by atomic mass is 10.2. The third kappa shape index (κ3) is 2.09. The molecule has 1 unspecified atom stereocenters. The fourth-order valence-corrected chi connectivity index (χ4v) is 4.07. The van der Waals surface area contributed by atoms with Crippen LogP contribution >= 0.6 is 0 Å². The first kappa shape index (κ1) is 13.3. The molecule has 1 aromatic carbocycles. The van der Waals surface area contributed by atoms with Crippen LogP contribution in [0.5, 0.6) is 0 Å². The molecule has 0 amide bonds. The molecule has 1 aliphatic heterocycles. The number of aliphatic hydroxyl groups is 1. The summed E-state index contributed by atoms with van der Waals surface area (Å²) in [5.74, 6) is -0.862. The van der Waals surface area contributed by atoms with E-state index < -0.39 is 26.8 Å². The molecule has 18 heavy (non-hydrogen) atoms. The quantitative estimate of drug-likeness (QED) is 0.789. The van der Waals surface area contributed by atoms with Crippen LogP contribution < -0.4 is 5.73 Å². The molecule has 1 fully saturated rings. The highest BCUT2D eigenvalue weighted by atomic mass is 32.2. The van der Waals surface area contributed by atoms with E-state index in [1.807, 2.05) is 0 Å². The van der Waals surface area contributed by atoms with Gasteiger partial charge in [-0.2, -0.15) is 4.31 Å². The number of benzene rings is 1. The Morgan fingerprint density at radius 1 is 1.50 bits per heavy atom. The Balaban J connectivity index is 2.49. The highest BCUT2D eigenvalue weighted by Gasteiger charge is 2.37. The Morgan fingerprint density at radius 2 is 2.22 bits per heavy atom. The van der Waals surface area contributed by atoms with Crippen LogP contribution in [-0.2, 0) is 10.0 Å². The molecule has 1 saturated heterocycles. The number of aliphatic hydroxyl groups excluding tert-OH is 1. The predicted octanol–water partition coefficient (Wildman–Crippen LogP) is 0.553. The molecule has 7 heteroatoms. The molecule has 0 aromatic heterocycles. The molecule has 0 radical (unpaired) electrons. The van der Waals surface area contributed by atoms with Gasteiger partial charge >= 0.3 is 0 Å². The molecule has 1 heterocycles. The number of rotatable bonds is 3. The van der Waals surface area contributed by atoms with Crippen molar-refractivity contribution < 1.29 is 17.9 Å². The fourth-order valence-electron chi connectivity index (χ4n) is 2.22. The number of anilines is 1. The van der Waals surface area contributed by atoms with Gasteiger partial charge in [0.15, 0.2) is 0 Å². The zero-order chi connectivity index (χ0) is 13.3. The van der Waals surface area contributed by atoms with Gasteiger partial charge in [-0.15, -0.1) is 0 Å². The summed E-state index contributed by atoms with van der Waals surface area (Å²) in [7, 11) is -3.99. The van der Waals surface area contributed by atoms with Crippen molar-refractivity contribution in [3.63, 3.8) is 0 Å². The highest BCUT2D eigenvalue weighted by molar-refractivity contribution is 7.89. The maximum atomic E-state index is 13.7. The van der Waals surface area contributed by atoms with Gasteiger partial charge in [0.25, 0.3) is 0 Å². The Hall–Kier alpha value is -1.18. The summed E-state index contributed by atoms with van der Waals surface area (Å²) in [4.78, 5) is -0.495. The van der Waals surface area contributed by atoms with Crippen molar-refractivity contribution in [2.24, 2.45) is 0 Å². The van der Waals surface area contributed by atoms with E-state index in [1.165, 1.54) is 12.1 Å². The summed E-state index contributed by atoms with van der Waals surface area (Å²) >= 11 is 0. The second-order valence-electron chi connectivity index (χ2n) is 4.25. The average molecular weight is 274 g/mol. The Labute approximate surface area is 105 Å². The monoisotopic (exact) mass is 274 g/mol. The van der Waals surface area contributed by atoms with Crippen LogP contribution in [0.25, 0.3) is 0 Å². The molecule has 1 aliphatic rings. The molecular formula is C11H15FN2O3S. The summed E-state index contributed by atoms with van der Waals surface area (Å²) in [6, 6.07) is 3.28. The summed E-state index contributed by atoms with van der Waals surface area (Å²) < 4.78 is 39.5. The fraction of sp³-hybridized carbons (Fsp3) is 0.455. The van der Waals surface area contributed by atoms with E-state index in [1.54, 1.807) is 0 Å². The number of hydrogen-bond acceptors (Lipinski definition) is 4. The molecule has 0 aliphatic carbocycles. The lowest BCUT2D eigenvalue weighted by Gasteiger charge is -2.23. The molecule has 0 spiro atoms. The van der Waals surface area contributed by atoms with Crippen LogP contribution in [0, 0.1) is 5.82 Å². The second-order valence-corrected chi connectivity index (χ2v) is 6.08. The van der Waals surface area contributed by atoms with E-state index in [0.29, 0.717) is 12.8 Å². The number of nitrogens with zero attached hydrogens (tertiary/aromatic N) is 1. The Morgan fingerprint density at radius 3 is 2.83 bits per heavy atom. The zero-order valence-electron chi connectivity index (χ0n) is 9.71. The van der Waals surface area contributed by atoms with Crippen molar-refractivity contribution >= 4 is 15.7 Å². The predicted molar refractivity (Wildman–Crippen MR) is 64.8 cm³/mol. The van der Waals surface area contributed by atoms with E-state index in [4.69, 9.17) is 10.8 Å². The molecule has 1 atom stereocenters. The number of sulfonamides is 1. The smallest absolute Gasteiger partial charge is 0.248 e. The molecule has 100 valence electrons. The lowest BCUT2D eigenvalue weighted by Crippen LogP contribution is -2.38. The molecule has 0 bridgehead atoms. The first-order chi connectivity index (χ1) is 8.48. The minimum Gasteiger partial charge on any atom is -0.398 e. The van der Waals surface area contributed by atoms with Gasteiger partial charge in [0, 0.05) is 12.6 Å². The van der Waals surface area contributed by atoms with Gasteiger partial charge in [-0.25, -0.2) is 12.8 Å². The normalized spacial score (nSPS) is 21.3. The highest BCUT2D eigenvalue weighted by Crippen LogP contribution is 2.30. The van der Waals surface area contributed by atoms with Crippen molar-refractivity contribution in [1.29, 1.82) is 0 Å². The molecule has 0 saturated carbocycles. The van der Waals surface area contributed by atoms with Crippen molar-refractivity contribution in [2.75, 3.05) is 18.9 Å². The zero-order valence-corrected chi connectivity index (χ0v) is 10.5. The van der Waals surface area contributed by atoms with Crippen molar-refractivity contribution in [2.45, 2.75) is 23.8 Å². The van der Waals surface area contributed by atoms with E-state index in [0.717, 1.165) is 10.4 Å². The molecule has 2 rings (SSSR count). The first-order valence-corrected chi connectivity index (χ1v) is 7.09. The summed E-state index contributed by atoms with van der Waals surface area (Å²) in [6.07, 6.45) is 1.23. The van der Waals surface area contributed by atoms with E-state index in [2.05, 4.69) is 0 Å². The minimum atomic E-state index is -3.99. The first-order valence-electron chi connectivity index (χ1n) is 5.65. The summed E-state index contributed by atoms with van der Waals surface area (Å²) in [5, 5.41) is 9.15. The van der Waals surface area contributed by atoms with E-state index >= 15 is 0 Å². The van der Waals surface area contributed by atoms with Gasteiger partial charge in [-0.1, -0.05) is 6.07 Å². The molecular weight excluding hydrogens is 259 g/mol. The van der Waals surface area contributed by atoms with Crippen molar-refractivity contribution in [1.82, 2.24) is 4.31 Å². The maximum absolute atomic E-state index is 13.7. The van der Waals surface area contributed by atoms with Gasteiger partial charge in [-0.3, -0.25) is 0 Å². The molecule has 1 aromatic rings. The number of hydrogen-bond donors (Lipinski definition) is 2. The lowest BCUT2D eigenvalue weighted by molar-refractivity contribution is 0.213. The minimum absolute atomic E-state index is 0.112. The van der Waals surface area contributed by atoms with Gasteiger partial charge < -0.3 is 10.8 Å². The summed E-state index contributed by atoms with van der Waals surface area (Å²) in [5.41, 5.74) is 5.44. The Kier molecular flexibility index (Phi) is 3.56. The standard InChI is InChI=1S/C11H15FN2O3S/c12-9-4-1-5-10(13)11(9)18(16,17)14-6-2-3-8(14)7-15/h1,4-5,8,15H,2-3,6-7,13H2. The third-order valence-electron chi connectivity index (χ3n) is 3.10. The number of nitrogen functional groups attached to an aromatic ring is 1. The SMILES string of the molecule is Nc1cccc(F)c1S(=O)(=O)N1CCCC1CO. The van der Waals surface area contributed by atoms with Gasteiger partial charge in [-0.05, 0) is 25.0 Å². The number of nitrogens with two attached hydrogens (primary N) is 1. The van der Waals surface area contributed by atoms with Gasteiger partial charge in [0.1, 0.15) is 10.7 Å². The van der Waals surface area contributed by atoms with Crippen LogP contribution in [0.2, 0.25) is 0 Å². The molecule has 3 N–H and O–H groups in total. The summed E-state index contributed by atoms with van der Waals surface area (Å²) in [6.45, 7) is 0.00885. The average Bonchev–Trinajstić information content (AvgIpc) is 2.77. The number of halogens is 1. The Bertz CT molecular complexity index is 527. The van der Waals surface area contributed by atoms with E-state index in [9.17, 15) is 12.8 Å². The van der Waals surface area contributed by atoms with Crippen molar-refractivity contribution in [3.8, 4) is 0 Å². The van der Waals surface area contributed by atoms with Crippen LogP contribution in [0.15, 0.2) is 23.1 Å². The van der Waals surface area contributed by atoms with Crippen LogP contribution in [-0.4, -0.2) is 37.0 Å². The van der Waals surface area contributed by atoms with Crippen LogP contribution in [0.1, 0.15) is 12.8 Å². The third-order valence-corrected chi connectivity index (χ3v) is 5.14. The van der Waals surface area contributed by atoms with E-state index in [-0.39, 0.29) is 18.8 Å². The maximum Gasteiger partial charge on any atom is 0.248 e. The van der Waals surface area contributed by atoms with Crippen LogP contribution in [0.4, 0.5) is 10.1 Å². The topological polar surface area (TPSA) is 83.6 Å². The van der Waals surface area contributed by atoms with Crippen molar-refractivity contribution in [3.05, 3.63) is 24.0 Å². The van der Waals surface area contributed by atoms with Crippen LogP contribution in [0.3, 0.4) is 0 Å². The van der Waals surface area contributed by atoms with Gasteiger partial charge in [0.05, 0.1) is 12.3 Å². The van der Waals surface area contributed by atoms with Gasteiger partial charge in [0.2, 0.25) is 10.0 Å². The second kappa shape index (κ2) is 4.83. The largest absolute Gasteiger partial charge is 0.398 e. The molecule has 5 nitrogen and oxygen atoms in total.